The lowest BCUT2D eigenvalue weighted by Gasteiger charge is -2.27. The molecule has 19 heavy (non-hydrogen) atoms. The van der Waals surface area contributed by atoms with Crippen LogP contribution in [0.1, 0.15) is 17.3 Å². The molecule has 0 saturated carbocycles. The van der Waals surface area contributed by atoms with Gasteiger partial charge in [0.05, 0.1) is 11.2 Å². The number of halogens is 1. The maximum Gasteiger partial charge on any atom is 0.253 e. The van der Waals surface area contributed by atoms with Crippen molar-refractivity contribution in [2.75, 3.05) is 32.9 Å². The van der Waals surface area contributed by atoms with E-state index in [-0.39, 0.29) is 12.5 Å². The van der Waals surface area contributed by atoms with Crippen LogP contribution in [0.4, 0.5) is 5.69 Å². The van der Waals surface area contributed by atoms with E-state index in [1.54, 1.807) is 19.1 Å². The second-order valence-electron chi connectivity index (χ2n) is 5.15. The molecule has 0 radical (unpaired) electrons. The topological polar surface area (TPSA) is 78.6 Å². The molecular weight excluding hydrogens is 266 g/mol. The molecule has 1 atom stereocenters. The van der Waals surface area contributed by atoms with E-state index in [1.807, 2.05) is 19.0 Å². The largest absolute Gasteiger partial charge is 0.398 e. The maximum atomic E-state index is 12.0. The summed E-state index contributed by atoms with van der Waals surface area (Å²) in [5.74, 6) is -0.348. The summed E-state index contributed by atoms with van der Waals surface area (Å²) in [6.07, 6.45) is 0. The number of amides is 1. The number of likely N-dealkylation sites (N-methyl/N-ethyl adjacent to an activating group) is 1. The smallest absolute Gasteiger partial charge is 0.253 e. The Kier molecular flexibility index (Phi) is 5.17. The van der Waals surface area contributed by atoms with Gasteiger partial charge in [0.15, 0.2) is 0 Å². The minimum atomic E-state index is -1.01. The summed E-state index contributed by atoms with van der Waals surface area (Å²) in [7, 11) is 3.70. The number of nitrogens with zero attached hydrogens (tertiary/aromatic N) is 1. The summed E-state index contributed by atoms with van der Waals surface area (Å²) in [6, 6.07) is 4.71. The molecule has 1 rings (SSSR count). The van der Waals surface area contributed by atoms with Crippen molar-refractivity contribution in [2.24, 2.45) is 0 Å². The van der Waals surface area contributed by atoms with Crippen molar-refractivity contribution in [3.8, 4) is 0 Å². The molecule has 1 aromatic carbocycles. The predicted octanol–water partition coefficient (Wildman–Crippen LogP) is 0.965. The number of benzene rings is 1. The minimum Gasteiger partial charge on any atom is -0.398 e. The highest BCUT2D eigenvalue weighted by molar-refractivity contribution is 6.31. The molecule has 0 aliphatic heterocycles. The number of hydrogen-bond donors (Lipinski definition) is 3. The molecule has 0 heterocycles. The summed E-state index contributed by atoms with van der Waals surface area (Å²) in [4.78, 5) is 13.8. The molecule has 0 aliphatic rings. The summed E-state index contributed by atoms with van der Waals surface area (Å²) < 4.78 is 0. The van der Waals surface area contributed by atoms with E-state index in [0.29, 0.717) is 22.8 Å². The number of hydrogen-bond acceptors (Lipinski definition) is 4. The highest BCUT2D eigenvalue weighted by atomic mass is 35.5. The van der Waals surface area contributed by atoms with Crippen molar-refractivity contribution in [2.45, 2.75) is 12.5 Å². The van der Waals surface area contributed by atoms with E-state index in [9.17, 15) is 9.90 Å². The van der Waals surface area contributed by atoms with Crippen molar-refractivity contribution in [3.05, 3.63) is 28.8 Å². The van der Waals surface area contributed by atoms with Crippen LogP contribution >= 0.6 is 11.6 Å². The first-order valence-corrected chi connectivity index (χ1v) is 6.29. The number of anilines is 1. The number of carbonyl (C=O) groups is 1. The van der Waals surface area contributed by atoms with Crippen LogP contribution in [0, 0.1) is 0 Å². The average molecular weight is 286 g/mol. The van der Waals surface area contributed by atoms with Crippen LogP contribution in [-0.4, -0.2) is 48.7 Å². The maximum absolute atomic E-state index is 12.0. The lowest BCUT2D eigenvalue weighted by atomic mass is 10.1. The van der Waals surface area contributed by atoms with Gasteiger partial charge in [-0.15, -0.1) is 0 Å². The molecule has 4 N–H and O–H groups in total. The third-order valence-corrected chi connectivity index (χ3v) is 2.78. The summed E-state index contributed by atoms with van der Waals surface area (Å²) in [6.45, 7) is 2.24. The van der Waals surface area contributed by atoms with Gasteiger partial charge in [-0.3, -0.25) is 4.79 Å². The zero-order valence-corrected chi connectivity index (χ0v) is 12.2. The Bertz CT molecular complexity index is 461. The van der Waals surface area contributed by atoms with Gasteiger partial charge in [0, 0.05) is 23.8 Å². The molecule has 0 saturated heterocycles. The Morgan fingerprint density at radius 2 is 2.16 bits per heavy atom. The zero-order chi connectivity index (χ0) is 14.6. The van der Waals surface area contributed by atoms with Crippen LogP contribution in [0.25, 0.3) is 0 Å². The fraction of sp³-hybridized carbons (Fsp3) is 0.462. The number of rotatable bonds is 5. The quantitative estimate of drug-likeness (QED) is 0.704. The molecule has 0 bridgehead atoms. The van der Waals surface area contributed by atoms with Crippen molar-refractivity contribution >= 4 is 23.2 Å². The average Bonchev–Trinajstić information content (AvgIpc) is 2.27. The second kappa shape index (κ2) is 6.23. The molecule has 0 aliphatic carbocycles. The van der Waals surface area contributed by atoms with E-state index < -0.39 is 5.60 Å². The standard InChI is InChI=1S/C13H20ClN3O2/c1-13(19,8-17(2)3)7-16-12(18)10-6-9(14)4-5-11(10)15/h4-6,19H,7-8,15H2,1-3H3,(H,16,18). The van der Waals surface area contributed by atoms with Gasteiger partial charge in [-0.1, -0.05) is 11.6 Å². The van der Waals surface area contributed by atoms with Crippen LogP contribution in [-0.2, 0) is 0 Å². The zero-order valence-electron chi connectivity index (χ0n) is 11.4. The van der Waals surface area contributed by atoms with Crippen molar-refractivity contribution < 1.29 is 9.90 Å². The Morgan fingerprint density at radius 1 is 1.53 bits per heavy atom. The molecule has 0 fully saturated rings. The first-order valence-electron chi connectivity index (χ1n) is 5.91. The predicted molar refractivity (Wildman–Crippen MR) is 77.4 cm³/mol. The Balaban J connectivity index is 2.68. The van der Waals surface area contributed by atoms with E-state index in [1.165, 1.54) is 6.07 Å². The van der Waals surface area contributed by atoms with Gasteiger partial charge in [0.25, 0.3) is 5.91 Å². The van der Waals surface area contributed by atoms with Crippen LogP contribution in [0.2, 0.25) is 5.02 Å². The summed E-state index contributed by atoms with van der Waals surface area (Å²) >= 11 is 5.83. The van der Waals surface area contributed by atoms with Crippen molar-refractivity contribution in [3.63, 3.8) is 0 Å². The SMILES string of the molecule is CN(C)CC(C)(O)CNC(=O)c1cc(Cl)ccc1N. The van der Waals surface area contributed by atoms with Crippen molar-refractivity contribution in [1.82, 2.24) is 10.2 Å². The normalized spacial score (nSPS) is 14.2. The Labute approximate surface area is 118 Å². The fourth-order valence-electron chi connectivity index (χ4n) is 1.83. The number of aliphatic hydroxyl groups is 1. The molecule has 6 heteroatoms. The van der Waals surface area contributed by atoms with Gasteiger partial charge in [0.1, 0.15) is 0 Å². The second-order valence-corrected chi connectivity index (χ2v) is 5.59. The van der Waals surface area contributed by atoms with Crippen LogP contribution in [0.15, 0.2) is 18.2 Å². The van der Waals surface area contributed by atoms with Gasteiger partial charge >= 0.3 is 0 Å². The highest BCUT2D eigenvalue weighted by Gasteiger charge is 2.22. The molecular formula is C13H20ClN3O2. The first kappa shape index (κ1) is 15.8. The number of nitrogens with one attached hydrogen (secondary N) is 1. The van der Waals surface area contributed by atoms with Gasteiger partial charge in [0.2, 0.25) is 0 Å². The number of carbonyl (C=O) groups excluding carboxylic acids is 1. The third kappa shape index (κ3) is 5.06. The lowest BCUT2D eigenvalue weighted by molar-refractivity contribution is 0.0326. The van der Waals surface area contributed by atoms with Gasteiger partial charge in [-0.2, -0.15) is 0 Å². The molecule has 0 aromatic heterocycles. The van der Waals surface area contributed by atoms with Gasteiger partial charge in [-0.25, -0.2) is 0 Å². The first-order chi connectivity index (χ1) is 8.71. The van der Waals surface area contributed by atoms with Crippen LogP contribution in [0.3, 0.4) is 0 Å². The van der Waals surface area contributed by atoms with Crippen LogP contribution in [0.5, 0.6) is 0 Å². The van der Waals surface area contributed by atoms with E-state index >= 15 is 0 Å². The third-order valence-electron chi connectivity index (χ3n) is 2.55. The monoisotopic (exact) mass is 285 g/mol. The molecule has 1 amide bonds. The lowest BCUT2D eigenvalue weighted by Crippen LogP contribution is -2.47. The molecule has 5 nitrogen and oxygen atoms in total. The Morgan fingerprint density at radius 3 is 2.74 bits per heavy atom. The van der Waals surface area contributed by atoms with Gasteiger partial charge < -0.3 is 21.1 Å². The molecule has 106 valence electrons. The summed E-state index contributed by atoms with van der Waals surface area (Å²) in [5, 5.41) is 13.2. The molecule has 1 unspecified atom stereocenters. The number of nitrogens with two attached hydrogens (primary N) is 1. The Hall–Kier alpha value is -1.30. The molecule has 1 aromatic rings. The highest BCUT2D eigenvalue weighted by Crippen LogP contribution is 2.17. The van der Waals surface area contributed by atoms with E-state index in [4.69, 9.17) is 17.3 Å². The van der Waals surface area contributed by atoms with E-state index in [0.717, 1.165) is 0 Å². The van der Waals surface area contributed by atoms with Gasteiger partial charge in [-0.05, 0) is 39.2 Å². The van der Waals surface area contributed by atoms with Crippen molar-refractivity contribution in [1.29, 1.82) is 0 Å². The molecule has 0 spiro atoms. The number of nitrogen functional groups attached to an aromatic ring is 1. The van der Waals surface area contributed by atoms with E-state index in [2.05, 4.69) is 5.32 Å². The fourth-order valence-corrected chi connectivity index (χ4v) is 2.00. The summed E-state index contributed by atoms with van der Waals surface area (Å²) in [5.41, 5.74) is 5.38. The van der Waals surface area contributed by atoms with Crippen LogP contribution < -0.4 is 11.1 Å². The minimum absolute atomic E-state index is 0.135.